The second-order valence-electron chi connectivity index (χ2n) is 5.46. The summed E-state index contributed by atoms with van der Waals surface area (Å²) in [5.41, 5.74) is 1.76. The van der Waals surface area contributed by atoms with Crippen LogP contribution in [0.3, 0.4) is 0 Å². The molecular formula is C17H27NO3. The van der Waals surface area contributed by atoms with Crippen molar-refractivity contribution in [1.82, 2.24) is 5.32 Å². The van der Waals surface area contributed by atoms with Crippen LogP contribution in [-0.2, 0) is 4.79 Å². The molecule has 1 unspecified atom stereocenters. The number of hydrogen-bond donors (Lipinski definition) is 2. The van der Waals surface area contributed by atoms with Crippen molar-refractivity contribution in [2.24, 2.45) is 0 Å². The molecule has 0 heterocycles. The van der Waals surface area contributed by atoms with Gasteiger partial charge in [0.15, 0.2) is 6.10 Å². The zero-order chi connectivity index (χ0) is 15.8. The van der Waals surface area contributed by atoms with Crippen molar-refractivity contribution in [3.63, 3.8) is 0 Å². The van der Waals surface area contributed by atoms with Gasteiger partial charge in [0, 0.05) is 6.54 Å². The fraction of sp³-hybridized carbons (Fsp3) is 0.588. The fourth-order valence-corrected chi connectivity index (χ4v) is 2.04. The SMILES string of the molecule is CCCCCNC(=O)C(C)Oc1ccc([C@@H](C)O)cc1C. The number of unbranched alkanes of at least 4 members (excludes halogenated alkanes) is 2. The van der Waals surface area contributed by atoms with Gasteiger partial charge in [0.05, 0.1) is 6.10 Å². The van der Waals surface area contributed by atoms with Gasteiger partial charge in [-0.25, -0.2) is 0 Å². The van der Waals surface area contributed by atoms with Crippen LogP contribution in [0.4, 0.5) is 0 Å². The molecule has 0 bridgehead atoms. The number of hydrogen-bond acceptors (Lipinski definition) is 3. The normalized spacial score (nSPS) is 13.6. The van der Waals surface area contributed by atoms with Gasteiger partial charge in [-0.15, -0.1) is 0 Å². The molecule has 0 saturated heterocycles. The smallest absolute Gasteiger partial charge is 0.260 e. The Kier molecular flexibility index (Phi) is 7.23. The third-order valence-electron chi connectivity index (χ3n) is 3.43. The lowest BCUT2D eigenvalue weighted by Crippen LogP contribution is -2.36. The van der Waals surface area contributed by atoms with Crippen molar-refractivity contribution >= 4 is 5.91 Å². The van der Waals surface area contributed by atoms with Crippen molar-refractivity contribution in [2.75, 3.05) is 6.54 Å². The fourth-order valence-electron chi connectivity index (χ4n) is 2.04. The third-order valence-corrected chi connectivity index (χ3v) is 3.43. The van der Waals surface area contributed by atoms with Crippen LogP contribution >= 0.6 is 0 Å². The Morgan fingerprint density at radius 2 is 2.05 bits per heavy atom. The second-order valence-corrected chi connectivity index (χ2v) is 5.46. The number of aliphatic hydroxyl groups excluding tert-OH is 1. The van der Waals surface area contributed by atoms with Gasteiger partial charge in [0.1, 0.15) is 5.75 Å². The lowest BCUT2D eigenvalue weighted by Gasteiger charge is -2.17. The van der Waals surface area contributed by atoms with Gasteiger partial charge in [0.2, 0.25) is 0 Å². The van der Waals surface area contributed by atoms with E-state index in [2.05, 4.69) is 12.2 Å². The maximum atomic E-state index is 11.9. The van der Waals surface area contributed by atoms with E-state index in [1.165, 1.54) is 0 Å². The molecule has 118 valence electrons. The van der Waals surface area contributed by atoms with E-state index in [9.17, 15) is 9.90 Å². The van der Waals surface area contributed by atoms with Crippen molar-refractivity contribution in [1.29, 1.82) is 0 Å². The Morgan fingerprint density at radius 3 is 2.62 bits per heavy atom. The minimum Gasteiger partial charge on any atom is -0.481 e. The molecule has 2 atom stereocenters. The molecule has 2 N–H and O–H groups in total. The first-order valence-electron chi connectivity index (χ1n) is 7.68. The first-order valence-corrected chi connectivity index (χ1v) is 7.68. The number of aryl methyl sites for hydroxylation is 1. The summed E-state index contributed by atoms with van der Waals surface area (Å²) < 4.78 is 5.70. The van der Waals surface area contributed by atoms with E-state index in [-0.39, 0.29) is 5.91 Å². The lowest BCUT2D eigenvalue weighted by atomic mass is 10.1. The monoisotopic (exact) mass is 293 g/mol. The number of benzene rings is 1. The Hall–Kier alpha value is -1.55. The molecule has 21 heavy (non-hydrogen) atoms. The van der Waals surface area contributed by atoms with Gasteiger partial charge in [-0.2, -0.15) is 0 Å². The van der Waals surface area contributed by atoms with E-state index in [0.717, 1.165) is 30.4 Å². The molecule has 4 nitrogen and oxygen atoms in total. The largest absolute Gasteiger partial charge is 0.481 e. The number of nitrogens with one attached hydrogen (secondary N) is 1. The van der Waals surface area contributed by atoms with E-state index < -0.39 is 12.2 Å². The second kappa shape index (κ2) is 8.67. The van der Waals surface area contributed by atoms with Crippen LogP contribution in [0.1, 0.15) is 57.3 Å². The van der Waals surface area contributed by atoms with Gasteiger partial charge >= 0.3 is 0 Å². The number of carbonyl (C=O) groups is 1. The zero-order valence-electron chi connectivity index (χ0n) is 13.5. The summed E-state index contributed by atoms with van der Waals surface area (Å²) in [7, 11) is 0. The van der Waals surface area contributed by atoms with E-state index in [4.69, 9.17) is 4.74 Å². The molecule has 1 amide bonds. The summed E-state index contributed by atoms with van der Waals surface area (Å²) in [6.45, 7) is 8.21. The molecule has 0 saturated carbocycles. The molecule has 0 spiro atoms. The number of ether oxygens (including phenoxy) is 1. The average Bonchev–Trinajstić information content (AvgIpc) is 2.45. The predicted octanol–water partition coefficient (Wildman–Crippen LogP) is 3.12. The number of aliphatic hydroxyl groups is 1. The maximum Gasteiger partial charge on any atom is 0.260 e. The zero-order valence-corrected chi connectivity index (χ0v) is 13.5. The molecule has 0 aliphatic heterocycles. The highest BCUT2D eigenvalue weighted by atomic mass is 16.5. The van der Waals surface area contributed by atoms with Crippen LogP contribution in [0, 0.1) is 6.92 Å². The molecule has 0 fully saturated rings. The summed E-state index contributed by atoms with van der Waals surface area (Å²) in [6, 6.07) is 5.50. The quantitative estimate of drug-likeness (QED) is 0.724. The van der Waals surface area contributed by atoms with E-state index in [1.54, 1.807) is 19.9 Å². The van der Waals surface area contributed by atoms with E-state index >= 15 is 0 Å². The van der Waals surface area contributed by atoms with Crippen molar-refractivity contribution in [3.05, 3.63) is 29.3 Å². The van der Waals surface area contributed by atoms with E-state index in [1.807, 2.05) is 19.1 Å². The van der Waals surface area contributed by atoms with Crippen LogP contribution in [0.5, 0.6) is 5.75 Å². The minimum atomic E-state index is -0.525. The highest BCUT2D eigenvalue weighted by Gasteiger charge is 2.15. The lowest BCUT2D eigenvalue weighted by molar-refractivity contribution is -0.127. The minimum absolute atomic E-state index is 0.0925. The molecule has 0 radical (unpaired) electrons. The van der Waals surface area contributed by atoms with Crippen LogP contribution in [-0.4, -0.2) is 23.7 Å². The molecule has 1 rings (SSSR count). The molecule has 0 aliphatic rings. The highest BCUT2D eigenvalue weighted by molar-refractivity contribution is 5.80. The van der Waals surface area contributed by atoms with Gasteiger partial charge in [-0.1, -0.05) is 25.8 Å². The summed E-state index contributed by atoms with van der Waals surface area (Å²) in [5, 5.41) is 12.4. The summed E-state index contributed by atoms with van der Waals surface area (Å²) in [6.07, 6.45) is 2.23. The average molecular weight is 293 g/mol. The van der Waals surface area contributed by atoms with Crippen molar-refractivity contribution in [3.8, 4) is 5.75 Å². The Morgan fingerprint density at radius 1 is 1.33 bits per heavy atom. The predicted molar refractivity (Wildman–Crippen MR) is 84.4 cm³/mol. The molecule has 0 aromatic heterocycles. The topological polar surface area (TPSA) is 58.6 Å². The molecule has 4 heteroatoms. The Labute approximate surface area is 127 Å². The summed E-state index contributed by atoms with van der Waals surface area (Å²) >= 11 is 0. The van der Waals surface area contributed by atoms with Gasteiger partial charge in [0.25, 0.3) is 5.91 Å². The number of amides is 1. The van der Waals surface area contributed by atoms with Crippen molar-refractivity contribution < 1.29 is 14.6 Å². The summed E-state index contributed by atoms with van der Waals surface area (Å²) in [4.78, 5) is 11.9. The number of carbonyl (C=O) groups excluding carboxylic acids is 1. The standard InChI is InChI=1S/C17H27NO3/c1-5-6-7-10-18-17(20)14(4)21-16-9-8-15(13(3)19)11-12(16)2/h8-9,11,13-14,19H,5-7,10H2,1-4H3,(H,18,20)/t13-,14?/m1/s1. The first kappa shape index (κ1) is 17.5. The Balaban J connectivity index is 2.54. The van der Waals surface area contributed by atoms with Gasteiger partial charge in [-0.3, -0.25) is 4.79 Å². The summed E-state index contributed by atoms with van der Waals surface area (Å²) in [5.74, 6) is 0.584. The van der Waals surface area contributed by atoms with Crippen LogP contribution in [0.15, 0.2) is 18.2 Å². The molecule has 1 aromatic rings. The van der Waals surface area contributed by atoms with E-state index in [0.29, 0.717) is 12.3 Å². The third kappa shape index (κ3) is 5.76. The first-order chi connectivity index (χ1) is 9.95. The van der Waals surface area contributed by atoms with Crippen LogP contribution < -0.4 is 10.1 Å². The van der Waals surface area contributed by atoms with Crippen molar-refractivity contribution in [2.45, 2.75) is 59.2 Å². The molecule has 1 aromatic carbocycles. The van der Waals surface area contributed by atoms with Crippen LogP contribution in [0.25, 0.3) is 0 Å². The van der Waals surface area contributed by atoms with Gasteiger partial charge in [-0.05, 0) is 50.5 Å². The molecule has 0 aliphatic carbocycles. The van der Waals surface area contributed by atoms with Crippen LogP contribution in [0.2, 0.25) is 0 Å². The number of rotatable bonds is 8. The Bertz CT molecular complexity index is 457. The molecular weight excluding hydrogens is 266 g/mol. The highest BCUT2D eigenvalue weighted by Crippen LogP contribution is 2.23. The maximum absolute atomic E-state index is 11.9. The van der Waals surface area contributed by atoms with Gasteiger partial charge < -0.3 is 15.2 Å².